The van der Waals surface area contributed by atoms with Crippen LogP contribution in [0.15, 0.2) is 65.5 Å². The predicted molar refractivity (Wildman–Crippen MR) is 97.3 cm³/mol. The zero-order valence-electron chi connectivity index (χ0n) is 14.1. The lowest BCUT2D eigenvalue weighted by molar-refractivity contribution is 0.0695. The predicted octanol–water partition coefficient (Wildman–Crippen LogP) is 3.87. The van der Waals surface area contributed by atoms with Gasteiger partial charge in [-0.15, -0.1) is 0 Å². The molecule has 0 radical (unpaired) electrons. The summed E-state index contributed by atoms with van der Waals surface area (Å²) in [4.78, 5) is 26.1. The Hall–Kier alpha value is -3.14. The fourth-order valence-electron chi connectivity index (χ4n) is 3.15. The van der Waals surface area contributed by atoms with Crippen molar-refractivity contribution in [2.45, 2.75) is 19.8 Å². The van der Waals surface area contributed by atoms with E-state index in [0.29, 0.717) is 5.69 Å². The van der Waals surface area contributed by atoms with Crippen molar-refractivity contribution in [3.05, 3.63) is 105 Å². The molecule has 0 aliphatic rings. The number of H-pyrrole nitrogens is 1. The van der Waals surface area contributed by atoms with Crippen molar-refractivity contribution in [2.24, 2.45) is 0 Å². The van der Waals surface area contributed by atoms with E-state index in [1.165, 1.54) is 6.07 Å². The second-order valence-corrected chi connectivity index (χ2v) is 6.11. The summed E-state index contributed by atoms with van der Waals surface area (Å²) < 4.78 is 0. The lowest BCUT2D eigenvalue weighted by Crippen LogP contribution is -2.21. The van der Waals surface area contributed by atoms with Crippen LogP contribution < -0.4 is 5.56 Å². The molecule has 1 aromatic heterocycles. The van der Waals surface area contributed by atoms with Gasteiger partial charge in [0.2, 0.25) is 0 Å². The third-order valence-corrected chi connectivity index (χ3v) is 4.47. The molecule has 25 heavy (non-hydrogen) atoms. The molecule has 1 heterocycles. The number of benzene rings is 2. The van der Waals surface area contributed by atoms with Crippen LogP contribution in [0.3, 0.4) is 0 Å². The lowest BCUT2D eigenvalue weighted by Gasteiger charge is -2.22. The number of nitrogens with one attached hydrogen (secondary N) is 1. The molecule has 126 valence electrons. The van der Waals surface area contributed by atoms with Crippen molar-refractivity contribution in [3.8, 4) is 0 Å². The van der Waals surface area contributed by atoms with Crippen LogP contribution in [0.5, 0.6) is 0 Å². The molecule has 3 aromatic rings. The molecule has 0 aliphatic heterocycles. The first-order chi connectivity index (χ1) is 12.0. The van der Waals surface area contributed by atoms with Crippen LogP contribution in [0, 0.1) is 13.8 Å². The zero-order valence-corrected chi connectivity index (χ0v) is 14.1. The number of rotatable bonds is 4. The molecule has 0 unspecified atom stereocenters. The molecule has 0 fully saturated rings. The molecule has 0 saturated carbocycles. The molecule has 2 aromatic carbocycles. The van der Waals surface area contributed by atoms with E-state index in [1.807, 2.05) is 62.4 Å². The van der Waals surface area contributed by atoms with E-state index in [-0.39, 0.29) is 11.5 Å². The Bertz CT molecular complexity index is 943. The monoisotopic (exact) mass is 333 g/mol. The summed E-state index contributed by atoms with van der Waals surface area (Å²) in [7, 11) is 0. The van der Waals surface area contributed by atoms with Crippen molar-refractivity contribution >= 4 is 5.97 Å². The number of aryl methyl sites for hydroxylation is 2. The van der Waals surface area contributed by atoms with Crippen LogP contribution in [0.25, 0.3) is 0 Å². The number of aromatic nitrogens is 1. The largest absolute Gasteiger partial charge is 0.477 e. The highest BCUT2D eigenvalue weighted by Crippen LogP contribution is 2.34. The average molecular weight is 333 g/mol. The summed E-state index contributed by atoms with van der Waals surface area (Å²) in [5.41, 5.74) is 4.22. The van der Waals surface area contributed by atoms with Crippen molar-refractivity contribution in [1.29, 1.82) is 0 Å². The maximum absolute atomic E-state index is 12.2. The Morgan fingerprint density at radius 1 is 0.880 bits per heavy atom. The minimum atomic E-state index is -1.23. The molecule has 0 spiro atoms. The number of aromatic carboxylic acids is 1. The number of pyridine rings is 1. The van der Waals surface area contributed by atoms with E-state index < -0.39 is 11.5 Å². The average Bonchev–Trinajstić information content (AvgIpc) is 2.58. The number of hydrogen-bond donors (Lipinski definition) is 2. The summed E-state index contributed by atoms with van der Waals surface area (Å²) in [5, 5.41) is 9.10. The van der Waals surface area contributed by atoms with E-state index in [1.54, 1.807) is 6.07 Å². The summed E-state index contributed by atoms with van der Waals surface area (Å²) in [5.74, 6) is -1.39. The molecule has 2 N–H and O–H groups in total. The summed E-state index contributed by atoms with van der Waals surface area (Å²) in [6.45, 7) is 4.06. The molecule has 0 aliphatic carbocycles. The quantitative estimate of drug-likeness (QED) is 0.761. The Morgan fingerprint density at radius 2 is 1.40 bits per heavy atom. The van der Waals surface area contributed by atoms with Gasteiger partial charge < -0.3 is 10.1 Å². The van der Waals surface area contributed by atoms with Crippen LogP contribution in [-0.4, -0.2) is 16.1 Å². The summed E-state index contributed by atoms with van der Waals surface area (Å²) in [6.07, 6.45) is 0. The van der Waals surface area contributed by atoms with Crippen LogP contribution in [0.4, 0.5) is 0 Å². The first-order valence-electron chi connectivity index (χ1n) is 8.06. The third-order valence-electron chi connectivity index (χ3n) is 4.47. The first kappa shape index (κ1) is 16.7. The van der Waals surface area contributed by atoms with E-state index >= 15 is 0 Å². The number of carboxylic acid groups (broad SMARTS) is 1. The number of hydrogen-bond acceptors (Lipinski definition) is 2. The van der Waals surface area contributed by atoms with E-state index in [0.717, 1.165) is 22.3 Å². The normalized spacial score (nSPS) is 10.8. The SMILES string of the molecule is Cc1ccccc1C(c1ccc(C(=O)O)c(=O)[nH]1)c1ccccc1C. The highest BCUT2D eigenvalue weighted by molar-refractivity contribution is 5.87. The fourth-order valence-corrected chi connectivity index (χ4v) is 3.15. The van der Waals surface area contributed by atoms with Gasteiger partial charge in [-0.2, -0.15) is 0 Å². The van der Waals surface area contributed by atoms with Gasteiger partial charge in [-0.05, 0) is 48.2 Å². The second-order valence-electron chi connectivity index (χ2n) is 6.11. The van der Waals surface area contributed by atoms with Crippen molar-refractivity contribution in [1.82, 2.24) is 4.98 Å². The van der Waals surface area contributed by atoms with Gasteiger partial charge in [0.15, 0.2) is 0 Å². The maximum atomic E-state index is 12.2. The van der Waals surface area contributed by atoms with Gasteiger partial charge in [0, 0.05) is 11.6 Å². The van der Waals surface area contributed by atoms with Gasteiger partial charge in [-0.1, -0.05) is 48.5 Å². The van der Waals surface area contributed by atoms with Gasteiger partial charge in [-0.3, -0.25) is 4.79 Å². The Labute approximate surface area is 145 Å². The molecule has 0 amide bonds. The molecule has 4 heteroatoms. The smallest absolute Gasteiger partial charge is 0.341 e. The van der Waals surface area contributed by atoms with Gasteiger partial charge in [0.05, 0.1) is 0 Å². The molecule has 0 bridgehead atoms. The molecule has 0 saturated heterocycles. The van der Waals surface area contributed by atoms with E-state index in [9.17, 15) is 9.59 Å². The molecule has 3 rings (SSSR count). The highest BCUT2D eigenvalue weighted by atomic mass is 16.4. The van der Waals surface area contributed by atoms with Gasteiger partial charge in [0.1, 0.15) is 5.56 Å². The van der Waals surface area contributed by atoms with Crippen LogP contribution >= 0.6 is 0 Å². The first-order valence-corrected chi connectivity index (χ1v) is 8.06. The van der Waals surface area contributed by atoms with Crippen molar-refractivity contribution in [2.75, 3.05) is 0 Å². The topological polar surface area (TPSA) is 70.2 Å². The van der Waals surface area contributed by atoms with E-state index in [2.05, 4.69) is 4.98 Å². The minimum Gasteiger partial charge on any atom is -0.477 e. The Morgan fingerprint density at radius 3 is 1.84 bits per heavy atom. The molecular weight excluding hydrogens is 314 g/mol. The lowest BCUT2D eigenvalue weighted by atomic mass is 9.83. The zero-order chi connectivity index (χ0) is 18.0. The number of carbonyl (C=O) groups is 1. The summed E-state index contributed by atoms with van der Waals surface area (Å²) >= 11 is 0. The van der Waals surface area contributed by atoms with Crippen molar-refractivity contribution in [3.63, 3.8) is 0 Å². The number of carboxylic acids is 1. The van der Waals surface area contributed by atoms with Crippen molar-refractivity contribution < 1.29 is 9.90 Å². The van der Waals surface area contributed by atoms with Gasteiger partial charge in [0.25, 0.3) is 5.56 Å². The van der Waals surface area contributed by atoms with E-state index in [4.69, 9.17) is 5.11 Å². The van der Waals surface area contributed by atoms with Crippen LogP contribution in [0.2, 0.25) is 0 Å². The second kappa shape index (κ2) is 6.77. The standard InChI is InChI=1S/C21H19NO3/c1-13-7-3-5-9-15(13)19(16-10-6-4-8-14(16)2)18-12-11-17(21(24)25)20(23)22-18/h3-12,19H,1-2H3,(H,22,23)(H,24,25). The Balaban J connectivity index is 2.24. The van der Waals surface area contributed by atoms with Crippen LogP contribution in [-0.2, 0) is 0 Å². The highest BCUT2D eigenvalue weighted by Gasteiger charge is 2.22. The van der Waals surface area contributed by atoms with Gasteiger partial charge >= 0.3 is 5.97 Å². The molecular formula is C21H19NO3. The Kier molecular flexibility index (Phi) is 4.52. The molecule has 0 atom stereocenters. The molecule has 4 nitrogen and oxygen atoms in total. The summed E-state index contributed by atoms with van der Waals surface area (Å²) in [6, 6.07) is 19.1. The third kappa shape index (κ3) is 3.24. The fraction of sp³-hybridized carbons (Fsp3) is 0.143. The maximum Gasteiger partial charge on any atom is 0.341 e. The van der Waals surface area contributed by atoms with Crippen LogP contribution in [0.1, 0.15) is 44.2 Å². The number of aromatic amines is 1. The minimum absolute atomic E-state index is 0.169. The van der Waals surface area contributed by atoms with Gasteiger partial charge in [-0.25, -0.2) is 4.79 Å².